The summed E-state index contributed by atoms with van der Waals surface area (Å²) in [6.45, 7) is 5.85. The van der Waals surface area contributed by atoms with Gasteiger partial charge in [-0.25, -0.2) is 0 Å². The number of rotatable bonds is 10. The van der Waals surface area contributed by atoms with Crippen LogP contribution in [-0.2, 0) is 9.53 Å². The van der Waals surface area contributed by atoms with Gasteiger partial charge in [0.2, 0.25) is 0 Å². The molecule has 1 aromatic rings. The Bertz CT molecular complexity index is 409. The van der Waals surface area contributed by atoms with Crippen molar-refractivity contribution in [1.82, 2.24) is 5.32 Å². The van der Waals surface area contributed by atoms with E-state index in [4.69, 9.17) is 16.2 Å². The molecule has 0 amide bonds. The van der Waals surface area contributed by atoms with Crippen LogP contribution in [0.4, 0.5) is 11.4 Å². The number of hydrogen-bond acceptors (Lipinski definition) is 6. The highest BCUT2D eigenvalue weighted by Gasteiger charge is 2.06. The Morgan fingerprint density at radius 2 is 2.00 bits per heavy atom. The molecule has 1 aromatic carbocycles. The van der Waals surface area contributed by atoms with E-state index in [0.717, 1.165) is 17.9 Å². The SMILES string of the molecule is CCN(CCOC(=O)CCNCCN)c1ccc(N)cc1. The normalized spacial score (nSPS) is 10.4. The largest absolute Gasteiger partial charge is 0.464 e. The molecule has 0 aliphatic carbocycles. The van der Waals surface area contributed by atoms with Crippen molar-refractivity contribution in [2.24, 2.45) is 5.73 Å². The van der Waals surface area contributed by atoms with Crippen molar-refractivity contribution in [2.45, 2.75) is 13.3 Å². The Hall–Kier alpha value is -1.79. The van der Waals surface area contributed by atoms with Crippen LogP contribution in [0.25, 0.3) is 0 Å². The highest BCUT2D eigenvalue weighted by Crippen LogP contribution is 2.15. The van der Waals surface area contributed by atoms with Crippen LogP contribution in [-0.4, -0.2) is 45.3 Å². The van der Waals surface area contributed by atoms with Gasteiger partial charge in [-0.2, -0.15) is 0 Å². The van der Waals surface area contributed by atoms with Crippen LogP contribution in [0.15, 0.2) is 24.3 Å². The van der Waals surface area contributed by atoms with E-state index in [1.807, 2.05) is 24.3 Å². The van der Waals surface area contributed by atoms with Crippen LogP contribution in [0.2, 0.25) is 0 Å². The Balaban J connectivity index is 2.26. The fraction of sp³-hybridized carbons (Fsp3) is 0.533. The molecule has 0 heterocycles. The average molecular weight is 294 g/mol. The van der Waals surface area contributed by atoms with Crippen molar-refractivity contribution in [3.63, 3.8) is 0 Å². The van der Waals surface area contributed by atoms with Crippen molar-refractivity contribution in [3.8, 4) is 0 Å². The van der Waals surface area contributed by atoms with Crippen molar-refractivity contribution in [2.75, 3.05) is 50.0 Å². The topological polar surface area (TPSA) is 93.6 Å². The molecule has 0 aromatic heterocycles. The van der Waals surface area contributed by atoms with Crippen LogP contribution in [0.3, 0.4) is 0 Å². The molecule has 118 valence electrons. The van der Waals surface area contributed by atoms with E-state index < -0.39 is 0 Å². The third kappa shape index (κ3) is 6.97. The fourth-order valence-electron chi connectivity index (χ4n) is 1.91. The zero-order valence-electron chi connectivity index (χ0n) is 12.7. The molecule has 0 saturated heterocycles. The Labute approximate surface area is 126 Å². The van der Waals surface area contributed by atoms with E-state index in [1.165, 1.54) is 0 Å². The molecule has 1 rings (SSSR count). The lowest BCUT2D eigenvalue weighted by Crippen LogP contribution is -2.29. The van der Waals surface area contributed by atoms with E-state index in [2.05, 4.69) is 17.1 Å². The number of esters is 1. The third-order valence-corrected chi connectivity index (χ3v) is 3.09. The second kappa shape index (κ2) is 10.0. The molecule has 0 atom stereocenters. The lowest BCUT2D eigenvalue weighted by atomic mass is 10.2. The monoisotopic (exact) mass is 294 g/mol. The van der Waals surface area contributed by atoms with E-state index in [-0.39, 0.29) is 5.97 Å². The number of benzene rings is 1. The van der Waals surface area contributed by atoms with Gasteiger partial charge in [0.05, 0.1) is 13.0 Å². The standard InChI is InChI=1S/C15H26N4O2/c1-2-19(14-5-3-13(17)4-6-14)11-12-21-15(20)7-9-18-10-8-16/h3-6,18H,2,7-12,16-17H2,1H3. The van der Waals surface area contributed by atoms with Gasteiger partial charge >= 0.3 is 5.97 Å². The van der Waals surface area contributed by atoms with Gasteiger partial charge in [-0.1, -0.05) is 0 Å². The van der Waals surface area contributed by atoms with Crippen LogP contribution >= 0.6 is 0 Å². The number of carbonyl (C=O) groups is 1. The van der Waals surface area contributed by atoms with Gasteiger partial charge in [-0.05, 0) is 31.2 Å². The van der Waals surface area contributed by atoms with Crippen molar-refractivity contribution in [3.05, 3.63) is 24.3 Å². The third-order valence-electron chi connectivity index (χ3n) is 3.09. The van der Waals surface area contributed by atoms with Crippen LogP contribution in [0.5, 0.6) is 0 Å². The maximum atomic E-state index is 11.5. The van der Waals surface area contributed by atoms with Gasteiger partial charge < -0.3 is 26.4 Å². The second-order valence-corrected chi connectivity index (χ2v) is 4.68. The van der Waals surface area contributed by atoms with Gasteiger partial charge in [-0.15, -0.1) is 0 Å². The molecule has 0 aliphatic rings. The lowest BCUT2D eigenvalue weighted by Gasteiger charge is -2.23. The first-order chi connectivity index (χ1) is 10.2. The molecule has 6 nitrogen and oxygen atoms in total. The maximum Gasteiger partial charge on any atom is 0.307 e. The minimum absolute atomic E-state index is 0.187. The summed E-state index contributed by atoms with van der Waals surface area (Å²) >= 11 is 0. The zero-order valence-corrected chi connectivity index (χ0v) is 12.7. The Morgan fingerprint density at radius 1 is 1.29 bits per heavy atom. The molecular weight excluding hydrogens is 268 g/mol. The van der Waals surface area contributed by atoms with Gasteiger partial charge in [-0.3, -0.25) is 4.79 Å². The Kier molecular flexibility index (Phi) is 8.23. The number of nitrogens with zero attached hydrogens (tertiary/aromatic N) is 1. The van der Waals surface area contributed by atoms with Gasteiger partial charge in [0.25, 0.3) is 0 Å². The summed E-state index contributed by atoms with van der Waals surface area (Å²) in [5, 5.41) is 3.06. The van der Waals surface area contributed by atoms with Crippen molar-refractivity contribution < 1.29 is 9.53 Å². The maximum absolute atomic E-state index is 11.5. The van der Waals surface area contributed by atoms with Crippen molar-refractivity contribution >= 4 is 17.3 Å². The summed E-state index contributed by atoms with van der Waals surface area (Å²) in [7, 11) is 0. The molecule has 0 fully saturated rings. The van der Waals surface area contributed by atoms with E-state index in [1.54, 1.807) is 0 Å². The molecule has 5 N–H and O–H groups in total. The highest BCUT2D eigenvalue weighted by atomic mass is 16.5. The quantitative estimate of drug-likeness (QED) is 0.332. The number of nitrogen functional groups attached to an aromatic ring is 1. The number of ether oxygens (including phenoxy) is 1. The van der Waals surface area contributed by atoms with Crippen LogP contribution in [0, 0.1) is 0 Å². The molecule has 0 unspecified atom stereocenters. The average Bonchev–Trinajstić information content (AvgIpc) is 2.49. The summed E-state index contributed by atoms with van der Waals surface area (Å²) in [5.41, 5.74) is 12.8. The summed E-state index contributed by atoms with van der Waals surface area (Å²) in [5.74, 6) is -0.187. The number of nitrogens with two attached hydrogens (primary N) is 2. The lowest BCUT2D eigenvalue weighted by molar-refractivity contribution is -0.143. The number of anilines is 2. The first-order valence-electron chi connectivity index (χ1n) is 7.34. The van der Waals surface area contributed by atoms with Gasteiger partial charge in [0.1, 0.15) is 6.61 Å². The first-order valence-corrected chi connectivity index (χ1v) is 7.34. The summed E-state index contributed by atoms with van der Waals surface area (Å²) in [6, 6.07) is 7.68. The molecule has 0 bridgehead atoms. The predicted octanol–water partition coefficient (Wildman–Crippen LogP) is 0.577. The van der Waals surface area contributed by atoms with Crippen LogP contribution < -0.4 is 21.7 Å². The molecule has 0 aliphatic heterocycles. The predicted molar refractivity (Wildman–Crippen MR) is 86.2 cm³/mol. The number of hydrogen-bond donors (Lipinski definition) is 3. The van der Waals surface area contributed by atoms with Crippen molar-refractivity contribution in [1.29, 1.82) is 0 Å². The summed E-state index contributed by atoms with van der Waals surface area (Å²) < 4.78 is 5.22. The van der Waals surface area contributed by atoms with E-state index >= 15 is 0 Å². The fourth-order valence-corrected chi connectivity index (χ4v) is 1.91. The smallest absolute Gasteiger partial charge is 0.307 e. The number of carbonyl (C=O) groups excluding carboxylic acids is 1. The van der Waals surface area contributed by atoms with Gasteiger partial charge in [0, 0.05) is 37.6 Å². The molecular formula is C15H26N4O2. The van der Waals surface area contributed by atoms with Gasteiger partial charge in [0.15, 0.2) is 0 Å². The van der Waals surface area contributed by atoms with E-state index in [9.17, 15) is 4.79 Å². The Morgan fingerprint density at radius 3 is 2.62 bits per heavy atom. The minimum atomic E-state index is -0.187. The van der Waals surface area contributed by atoms with Crippen LogP contribution in [0.1, 0.15) is 13.3 Å². The second-order valence-electron chi connectivity index (χ2n) is 4.68. The first kappa shape index (κ1) is 17.3. The summed E-state index contributed by atoms with van der Waals surface area (Å²) in [4.78, 5) is 13.7. The highest BCUT2D eigenvalue weighted by molar-refractivity contribution is 5.69. The molecule has 21 heavy (non-hydrogen) atoms. The number of likely N-dealkylation sites (N-methyl/N-ethyl adjacent to an activating group) is 1. The zero-order chi connectivity index (χ0) is 15.5. The molecule has 6 heteroatoms. The molecule has 0 saturated carbocycles. The van der Waals surface area contributed by atoms with E-state index in [0.29, 0.717) is 39.2 Å². The molecule has 0 spiro atoms. The molecule has 0 radical (unpaired) electrons. The number of nitrogens with one attached hydrogen (secondary N) is 1. The summed E-state index contributed by atoms with van der Waals surface area (Å²) in [6.07, 6.45) is 0.369. The minimum Gasteiger partial charge on any atom is -0.464 e.